The van der Waals surface area contributed by atoms with E-state index in [1.54, 1.807) is 5.19 Å². The van der Waals surface area contributed by atoms with Crippen molar-refractivity contribution >= 4 is 20.4 Å². The summed E-state index contributed by atoms with van der Waals surface area (Å²) < 4.78 is 0. The van der Waals surface area contributed by atoms with Crippen LogP contribution >= 0.6 is 0 Å². The van der Waals surface area contributed by atoms with Crippen LogP contribution in [0.25, 0.3) is 0 Å². The fraction of sp³-hybridized carbons (Fsp3) is 0.500. The lowest BCUT2D eigenvalue weighted by molar-refractivity contribution is 0.667. The van der Waals surface area contributed by atoms with E-state index in [9.17, 15) is 0 Å². The number of rotatable bonds is 2. The molecular weight excluding hydrogens is 248 g/mol. The number of benzene rings is 1. The predicted octanol–water partition coefficient (Wildman–Crippen LogP) is 4.36. The molecule has 0 fully saturated rings. The molecule has 18 heavy (non-hydrogen) atoms. The van der Waals surface area contributed by atoms with E-state index >= 15 is 0 Å². The van der Waals surface area contributed by atoms with Gasteiger partial charge in [-0.1, -0.05) is 81.2 Å². The summed E-state index contributed by atoms with van der Waals surface area (Å²) in [6, 6.07) is 12.8. The monoisotopic (exact) mass is 274 g/mol. The van der Waals surface area contributed by atoms with Crippen molar-refractivity contribution in [1.82, 2.24) is 0 Å². The van der Waals surface area contributed by atoms with Crippen LogP contribution in [-0.2, 0) is 0 Å². The molecule has 3 atom stereocenters. The molecule has 0 N–H and O–H groups in total. The van der Waals surface area contributed by atoms with Gasteiger partial charge in [0.2, 0.25) is 0 Å². The Hall–Kier alpha value is -0.606. The maximum atomic E-state index is 2.59. The van der Waals surface area contributed by atoms with E-state index < -0.39 is 15.2 Å². The molecule has 0 radical (unpaired) electrons. The van der Waals surface area contributed by atoms with Gasteiger partial charge in [0.15, 0.2) is 0 Å². The molecule has 0 bridgehead atoms. The zero-order valence-electron chi connectivity index (χ0n) is 12.4. The largest absolute Gasteiger partial charge is 0.0908 e. The van der Waals surface area contributed by atoms with Crippen LogP contribution in [0.3, 0.4) is 0 Å². The van der Waals surface area contributed by atoms with Gasteiger partial charge in [0, 0.05) is 7.59 Å². The van der Waals surface area contributed by atoms with Crippen LogP contribution in [-0.4, -0.2) is 15.2 Å². The smallest absolute Gasteiger partial charge is 0.0864 e. The molecule has 0 unspecified atom stereocenters. The summed E-state index contributed by atoms with van der Waals surface area (Å²) in [5.41, 5.74) is 0.872. The molecule has 1 aromatic rings. The maximum Gasteiger partial charge on any atom is 0.0864 e. The van der Waals surface area contributed by atoms with Crippen molar-refractivity contribution in [3.63, 3.8) is 0 Å². The molecule has 0 spiro atoms. The fourth-order valence-electron chi connectivity index (χ4n) is 3.81. The number of hydrogen-bond donors (Lipinski definition) is 0. The molecule has 1 aliphatic heterocycles. The summed E-state index contributed by atoms with van der Waals surface area (Å²) in [6.07, 6.45) is 4.93. The average molecular weight is 275 g/mol. The van der Waals surface area contributed by atoms with Crippen LogP contribution in [0.5, 0.6) is 0 Å². The van der Waals surface area contributed by atoms with Crippen molar-refractivity contribution in [2.75, 3.05) is 0 Å². The average Bonchev–Trinajstić information content (AvgIpc) is 2.32. The summed E-state index contributed by atoms with van der Waals surface area (Å²) >= 11 is 0. The van der Waals surface area contributed by atoms with E-state index in [2.05, 4.69) is 76.0 Å². The molecule has 0 saturated heterocycles. The number of allylic oxidation sites excluding steroid dienone is 2. The highest BCUT2D eigenvalue weighted by molar-refractivity contribution is 7.46. The van der Waals surface area contributed by atoms with Crippen molar-refractivity contribution in [1.29, 1.82) is 0 Å². The zero-order valence-corrected chi connectivity index (χ0v) is 14.4. The van der Waals surface area contributed by atoms with Gasteiger partial charge in [0.05, 0.1) is 7.59 Å². The molecule has 1 aliphatic rings. The third kappa shape index (κ3) is 2.06. The summed E-state index contributed by atoms with van der Waals surface area (Å²) in [4.78, 5) is 0. The first kappa shape index (κ1) is 13.8. The highest BCUT2D eigenvalue weighted by Gasteiger charge is 2.52. The summed E-state index contributed by atoms with van der Waals surface area (Å²) in [6.45, 7) is 12.7. The standard InChI is InChI=1S/C16H26Si2/c1-14-10-9-13-18(15(14)2,17(3,4)5)16-11-7-6-8-12-16/h6-12,14-15H,13H2,1-5H3/t14-,15+,18-/m1/s1. The molecule has 0 aliphatic carbocycles. The molecular formula is C16H26Si2. The van der Waals surface area contributed by atoms with E-state index in [0.29, 0.717) is 0 Å². The highest BCUT2D eigenvalue weighted by Crippen LogP contribution is 2.42. The van der Waals surface area contributed by atoms with Crippen molar-refractivity contribution < 1.29 is 0 Å². The first-order valence-corrected chi connectivity index (χ1v) is 13.9. The van der Waals surface area contributed by atoms with Crippen molar-refractivity contribution in [2.24, 2.45) is 5.92 Å². The first-order valence-electron chi connectivity index (χ1n) is 7.12. The lowest BCUT2D eigenvalue weighted by Crippen LogP contribution is -2.69. The Morgan fingerprint density at radius 2 is 1.67 bits per heavy atom. The van der Waals surface area contributed by atoms with Crippen molar-refractivity contribution in [2.45, 2.75) is 45.1 Å². The van der Waals surface area contributed by atoms with Gasteiger partial charge in [-0.3, -0.25) is 0 Å². The Morgan fingerprint density at radius 1 is 1.06 bits per heavy atom. The molecule has 2 rings (SSSR count). The SMILES string of the molecule is C[C@@H]1C=CC[Si@@](c2ccccc2)([Si](C)(C)C)[C@H]1C. The fourth-order valence-corrected chi connectivity index (χ4v) is 20.3. The van der Waals surface area contributed by atoms with E-state index in [-0.39, 0.29) is 0 Å². The second-order valence-corrected chi connectivity index (χ2v) is 22.4. The van der Waals surface area contributed by atoms with Crippen LogP contribution in [0.15, 0.2) is 42.5 Å². The third-order valence-electron chi connectivity index (χ3n) is 5.07. The lowest BCUT2D eigenvalue weighted by atomic mass is 10.1. The van der Waals surface area contributed by atoms with Crippen LogP contribution < -0.4 is 5.19 Å². The van der Waals surface area contributed by atoms with Gasteiger partial charge in [-0.15, -0.1) is 0 Å². The van der Waals surface area contributed by atoms with E-state index in [4.69, 9.17) is 0 Å². The lowest BCUT2D eigenvalue weighted by Gasteiger charge is -2.50. The van der Waals surface area contributed by atoms with E-state index in [1.807, 2.05) is 0 Å². The van der Waals surface area contributed by atoms with Crippen LogP contribution in [0.4, 0.5) is 0 Å². The summed E-state index contributed by atoms with van der Waals surface area (Å²) in [5, 5.41) is 1.70. The molecule has 2 heteroatoms. The second kappa shape index (κ2) is 4.82. The molecule has 0 amide bonds. The Balaban J connectivity index is 2.59. The molecule has 0 nitrogen and oxygen atoms in total. The summed E-state index contributed by atoms with van der Waals surface area (Å²) in [7, 11) is -2.54. The van der Waals surface area contributed by atoms with Gasteiger partial charge in [0.25, 0.3) is 0 Å². The second-order valence-electron chi connectivity index (χ2n) is 6.87. The van der Waals surface area contributed by atoms with Crippen molar-refractivity contribution in [3.05, 3.63) is 42.5 Å². The van der Waals surface area contributed by atoms with Gasteiger partial charge in [-0.25, -0.2) is 0 Å². The van der Waals surface area contributed by atoms with E-state index in [1.165, 1.54) is 6.04 Å². The minimum Gasteiger partial charge on any atom is -0.0908 e. The van der Waals surface area contributed by atoms with Crippen LogP contribution in [0.1, 0.15) is 13.8 Å². The zero-order chi connectivity index (χ0) is 13.4. The van der Waals surface area contributed by atoms with Gasteiger partial charge in [-0.2, -0.15) is 0 Å². The Kier molecular flexibility index (Phi) is 3.70. The third-order valence-corrected chi connectivity index (χ3v) is 22.9. The molecule has 0 saturated carbocycles. The minimum absolute atomic E-state index is 0.748. The number of hydrogen-bond acceptors (Lipinski definition) is 0. The first-order chi connectivity index (χ1) is 8.39. The van der Waals surface area contributed by atoms with Gasteiger partial charge < -0.3 is 0 Å². The van der Waals surface area contributed by atoms with Gasteiger partial charge in [-0.05, 0) is 17.5 Å². The Morgan fingerprint density at radius 3 is 2.22 bits per heavy atom. The van der Waals surface area contributed by atoms with Crippen LogP contribution in [0, 0.1) is 5.92 Å². The summed E-state index contributed by atoms with van der Waals surface area (Å²) in [5.74, 6) is 0.748. The Labute approximate surface area is 114 Å². The molecule has 1 heterocycles. The van der Waals surface area contributed by atoms with Gasteiger partial charge >= 0.3 is 0 Å². The van der Waals surface area contributed by atoms with Crippen molar-refractivity contribution in [3.8, 4) is 0 Å². The van der Waals surface area contributed by atoms with E-state index in [0.717, 1.165) is 11.5 Å². The van der Waals surface area contributed by atoms with Gasteiger partial charge in [0.1, 0.15) is 0 Å². The highest BCUT2D eigenvalue weighted by atomic mass is 29.3. The topological polar surface area (TPSA) is 0 Å². The normalized spacial score (nSPS) is 32.5. The van der Waals surface area contributed by atoms with Crippen LogP contribution in [0.2, 0.25) is 31.2 Å². The maximum absolute atomic E-state index is 2.59. The quantitative estimate of drug-likeness (QED) is 0.555. The molecule has 98 valence electrons. The molecule has 1 aromatic carbocycles. The minimum atomic E-state index is -1.37. The molecule has 0 aromatic heterocycles. The predicted molar refractivity (Wildman–Crippen MR) is 87.7 cm³/mol. The Bertz CT molecular complexity index is 430.